The quantitative estimate of drug-likeness (QED) is 0.854. The molecule has 0 bridgehead atoms. The first kappa shape index (κ1) is 13.2. The lowest BCUT2D eigenvalue weighted by Gasteiger charge is -2.37. The van der Waals surface area contributed by atoms with Crippen molar-refractivity contribution in [2.45, 2.75) is 25.8 Å². The first-order valence-corrected chi connectivity index (χ1v) is 8.51. The smallest absolute Gasteiger partial charge is 0.208 e. The van der Waals surface area contributed by atoms with E-state index in [9.17, 15) is 0 Å². The Bertz CT molecular complexity index is 621. The highest BCUT2D eigenvalue weighted by atomic mass is 32.1. The van der Waals surface area contributed by atoms with Gasteiger partial charge in [0.05, 0.1) is 0 Å². The first-order valence-electron chi connectivity index (χ1n) is 7.69. The maximum Gasteiger partial charge on any atom is 0.208 e. The summed E-state index contributed by atoms with van der Waals surface area (Å²) in [7, 11) is 0. The number of aromatic nitrogens is 2. The number of hydrogen-bond acceptors (Lipinski definition) is 5. The van der Waals surface area contributed by atoms with E-state index < -0.39 is 0 Å². The van der Waals surface area contributed by atoms with E-state index in [0.717, 1.165) is 29.3 Å². The van der Waals surface area contributed by atoms with Crippen LogP contribution in [-0.4, -0.2) is 47.3 Å². The fourth-order valence-corrected chi connectivity index (χ4v) is 4.21. The highest BCUT2D eigenvalue weighted by molar-refractivity contribution is 7.18. The molecule has 2 saturated heterocycles. The third-order valence-electron chi connectivity index (χ3n) is 4.57. The topological polar surface area (TPSA) is 32.3 Å². The molecule has 0 N–H and O–H groups in total. The van der Waals surface area contributed by atoms with Crippen molar-refractivity contribution in [1.82, 2.24) is 15.1 Å². The monoisotopic (exact) mass is 300 g/mol. The molecule has 2 aromatic rings. The van der Waals surface area contributed by atoms with E-state index in [0.29, 0.717) is 0 Å². The lowest BCUT2D eigenvalue weighted by molar-refractivity contribution is 0.231. The van der Waals surface area contributed by atoms with Crippen LogP contribution >= 0.6 is 11.3 Å². The van der Waals surface area contributed by atoms with Crippen LogP contribution in [0.3, 0.4) is 0 Å². The number of rotatable bonds is 2. The summed E-state index contributed by atoms with van der Waals surface area (Å²) in [4.78, 5) is 5.04. The van der Waals surface area contributed by atoms with Crippen LogP contribution in [0, 0.1) is 6.92 Å². The summed E-state index contributed by atoms with van der Waals surface area (Å²) in [5.41, 5.74) is 2.45. The van der Waals surface area contributed by atoms with Gasteiger partial charge in [-0.25, -0.2) is 0 Å². The van der Waals surface area contributed by atoms with Crippen molar-refractivity contribution in [3.05, 3.63) is 29.8 Å². The van der Waals surface area contributed by atoms with Crippen molar-refractivity contribution in [1.29, 1.82) is 0 Å². The van der Waals surface area contributed by atoms with Gasteiger partial charge in [0.15, 0.2) is 0 Å². The molecule has 1 atom stereocenters. The molecular formula is C16H20N4S. The maximum absolute atomic E-state index is 4.43. The number of piperazine rings is 1. The molecule has 2 fully saturated rings. The average Bonchev–Trinajstić information content (AvgIpc) is 3.16. The van der Waals surface area contributed by atoms with Crippen molar-refractivity contribution in [3.8, 4) is 10.6 Å². The van der Waals surface area contributed by atoms with E-state index in [1.54, 1.807) is 11.3 Å². The summed E-state index contributed by atoms with van der Waals surface area (Å²) in [5.74, 6) is 0. The number of nitrogens with zero attached hydrogens (tertiary/aromatic N) is 4. The minimum Gasteiger partial charge on any atom is -0.344 e. The number of benzene rings is 1. The highest BCUT2D eigenvalue weighted by Crippen LogP contribution is 2.31. The molecule has 0 spiro atoms. The van der Waals surface area contributed by atoms with Crippen molar-refractivity contribution >= 4 is 16.5 Å². The second-order valence-electron chi connectivity index (χ2n) is 6.03. The predicted octanol–water partition coefficient (Wildman–Crippen LogP) is 2.80. The van der Waals surface area contributed by atoms with E-state index in [-0.39, 0.29) is 0 Å². The molecule has 5 heteroatoms. The summed E-state index contributed by atoms with van der Waals surface area (Å²) in [5, 5.41) is 10.9. The van der Waals surface area contributed by atoms with Gasteiger partial charge in [0, 0.05) is 31.2 Å². The molecule has 2 aliphatic heterocycles. The highest BCUT2D eigenvalue weighted by Gasteiger charge is 2.31. The molecule has 3 heterocycles. The Balaban J connectivity index is 1.53. The molecule has 4 nitrogen and oxygen atoms in total. The molecule has 0 aliphatic carbocycles. The first-order chi connectivity index (χ1) is 10.3. The number of anilines is 1. The van der Waals surface area contributed by atoms with Crippen LogP contribution in [0.4, 0.5) is 5.13 Å². The standard InChI is InChI=1S/C16H20N4S/c1-12-4-6-13(7-5-12)15-17-18-16(21-15)20-10-9-19-8-2-3-14(19)11-20/h4-7,14H,2-3,8-11H2,1H3. The van der Waals surface area contributed by atoms with Crippen LogP contribution in [0.2, 0.25) is 0 Å². The molecule has 4 rings (SSSR count). The van der Waals surface area contributed by atoms with Crippen LogP contribution in [0.1, 0.15) is 18.4 Å². The zero-order valence-electron chi connectivity index (χ0n) is 12.3. The Morgan fingerprint density at radius 2 is 1.95 bits per heavy atom. The van der Waals surface area contributed by atoms with Gasteiger partial charge in [-0.15, -0.1) is 10.2 Å². The molecule has 2 aliphatic rings. The van der Waals surface area contributed by atoms with Gasteiger partial charge in [0.25, 0.3) is 0 Å². The predicted molar refractivity (Wildman–Crippen MR) is 86.9 cm³/mol. The van der Waals surface area contributed by atoms with Gasteiger partial charge < -0.3 is 4.90 Å². The van der Waals surface area contributed by atoms with Crippen molar-refractivity contribution < 1.29 is 0 Å². The molecule has 21 heavy (non-hydrogen) atoms. The largest absolute Gasteiger partial charge is 0.344 e. The van der Waals surface area contributed by atoms with Crippen LogP contribution in [0.25, 0.3) is 10.6 Å². The van der Waals surface area contributed by atoms with Crippen LogP contribution in [0.5, 0.6) is 0 Å². The van der Waals surface area contributed by atoms with Gasteiger partial charge >= 0.3 is 0 Å². The Morgan fingerprint density at radius 3 is 2.81 bits per heavy atom. The van der Waals surface area contributed by atoms with E-state index in [2.05, 4.69) is 51.2 Å². The van der Waals surface area contributed by atoms with Crippen LogP contribution in [-0.2, 0) is 0 Å². The van der Waals surface area contributed by atoms with Gasteiger partial charge in [-0.3, -0.25) is 4.90 Å². The Morgan fingerprint density at radius 1 is 1.10 bits per heavy atom. The summed E-state index contributed by atoms with van der Waals surface area (Å²) < 4.78 is 0. The molecular weight excluding hydrogens is 280 g/mol. The van der Waals surface area contributed by atoms with Crippen LogP contribution < -0.4 is 4.90 Å². The maximum atomic E-state index is 4.43. The Kier molecular flexibility index (Phi) is 3.39. The van der Waals surface area contributed by atoms with E-state index in [4.69, 9.17) is 0 Å². The lowest BCUT2D eigenvalue weighted by Crippen LogP contribution is -2.50. The summed E-state index contributed by atoms with van der Waals surface area (Å²) in [6.45, 7) is 6.76. The van der Waals surface area contributed by atoms with E-state index >= 15 is 0 Å². The van der Waals surface area contributed by atoms with Gasteiger partial charge in [0.2, 0.25) is 5.13 Å². The number of aryl methyl sites for hydroxylation is 1. The van der Waals surface area contributed by atoms with Gasteiger partial charge in [-0.2, -0.15) is 0 Å². The molecule has 1 aromatic carbocycles. The SMILES string of the molecule is Cc1ccc(-c2nnc(N3CCN4CCCC4C3)s2)cc1. The molecule has 0 radical (unpaired) electrons. The Labute approximate surface area is 129 Å². The van der Waals surface area contributed by atoms with Gasteiger partial charge in [-0.1, -0.05) is 41.2 Å². The second-order valence-corrected chi connectivity index (χ2v) is 6.99. The van der Waals surface area contributed by atoms with E-state index in [1.165, 1.54) is 37.1 Å². The van der Waals surface area contributed by atoms with E-state index in [1.807, 2.05) is 0 Å². The fourth-order valence-electron chi connectivity index (χ4n) is 3.32. The Hall–Kier alpha value is -1.46. The number of hydrogen-bond donors (Lipinski definition) is 0. The molecule has 1 unspecified atom stereocenters. The molecule has 0 saturated carbocycles. The summed E-state index contributed by atoms with van der Waals surface area (Å²) in [6.07, 6.45) is 2.68. The van der Waals surface area contributed by atoms with Crippen molar-refractivity contribution in [2.24, 2.45) is 0 Å². The zero-order chi connectivity index (χ0) is 14.2. The normalized spacial score (nSPS) is 22.5. The molecule has 1 aromatic heterocycles. The fraction of sp³-hybridized carbons (Fsp3) is 0.500. The zero-order valence-corrected chi connectivity index (χ0v) is 13.1. The van der Waals surface area contributed by atoms with Gasteiger partial charge in [0.1, 0.15) is 5.01 Å². The lowest BCUT2D eigenvalue weighted by atomic mass is 10.2. The second kappa shape index (κ2) is 5.39. The molecule has 110 valence electrons. The van der Waals surface area contributed by atoms with Gasteiger partial charge in [-0.05, 0) is 26.3 Å². The summed E-state index contributed by atoms with van der Waals surface area (Å²) >= 11 is 1.72. The average molecular weight is 300 g/mol. The van der Waals surface area contributed by atoms with Crippen LogP contribution in [0.15, 0.2) is 24.3 Å². The third-order valence-corrected chi connectivity index (χ3v) is 5.60. The third kappa shape index (κ3) is 2.56. The van der Waals surface area contributed by atoms with Crippen molar-refractivity contribution in [3.63, 3.8) is 0 Å². The number of fused-ring (bicyclic) bond motifs is 1. The molecule has 0 amide bonds. The summed E-state index contributed by atoms with van der Waals surface area (Å²) in [6, 6.07) is 9.26. The van der Waals surface area contributed by atoms with Crippen molar-refractivity contribution in [2.75, 3.05) is 31.1 Å². The minimum absolute atomic E-state index is 0.727. The minimum atomic E-state index is 0.727.